The molecule has 80 valence electrons. The van der Waals surface area contributed by atoms with E-state index in [-0.39, 0.29) is 0 Å². The first kappa shape index (κ1) is 11.3. The highest BCUT2D eigenvalue weighted by atomic mass is 32.2. The van der Waals surface area contributed by atoms with Crippen LogP contribution in [0.5, 0.6) is 0 Å². The Morgan fingerprint density at radius 2 is 2.36 bits per heavy atom. The molecule has 1 aromatic rings. The Morgan fingerprint density at radius 1 is 1.50 bits per heavy atom. The van der Waals surface area contributed by atoms with Crippen molar-refractivity contribution in [2.75, 3.05) is 30.4 Å². The molecule has 0 amide bonds. The number of hydrogen-bond acceptors (Lipinski definition) is 6. The van der Waals surface area contributed by atoms with Crippen LogP contribution in [0.15, 0.2) is 4.42 Å². The molecule has 3 N–H and O–H groups in total. The van der Waals surface area contributed by atoms with Gasteiger partial charge in [-0.2, -0.15) is 11.8 Å². The molecule has 0 fully saturated rings. The van der Waals surface area contributed by atoms with E-state index in [0.717, 1.165) is 18.7 Å². The summed E-state index contributed by atoms with van der Waals surface area (Å²) in [5, 5.41) is 10.7. The maximum atomic E-state index is 5.36. The van der Waals surface area contributed by atoms with Crippen molar-refractivity contribution in [3.8, 4) is 0 Å². The van der Waals surface area contributed by atoms with Crippen LogP contribution in [-0.2, 0) is 6.42 Å². The van der Waals surface area contributed by atoms with Crippen LogP contribution in [0.3, 0.4) is 0 Å². The first-order chi connectivity index (χ1) is 6.86. The molecule has 0 saturated carbocycles. The molecular formula is C8H16N4OS. The minimum Gasteiger partial charge on any atom is -0.408 e. The van der Waals surface area contributed by atoms with Crippen LogP contribution in [0.4, 0.5) is 6.01 Å². The van der Waals surface area contributed by atoms with Gasteiger partial charge in [0.2, 0.25) is 5.89 Å². The van der Waals surface area contributed by atoms with Crippen LogP contribution >= 0.6 is 11.8 Å². The van der Waals surface area contributed by atoms with Crippen LogP contribution in [-0.4, -0.2) is 35.3 Å². The van der Waals surface area contributed by atoms with Gasteiger partial charge >= 0.3 is 6.01 Å². The summed E-state index contributed by atoms with van der Waals surface area (Å²) in [6.07, 6.45) is 3.82. The van der Waals surface area contributed by atoms with E-state index in [0.29, 0.717) is 24.9 Å². The average molecular weight is 216 g/mol. The molecular weight excluding hydrogens is 200 g/mol. The lowest BCUT2D eigenvalue weighted by Gasteiger charge is -1.98. The SMILES string of the molecule is CSCCCNc1nnc(CCN)o1. The van der Waals surface area contributed by atoms with Gasteiger partial charge in [-0.15, -0.1) is 5.10 Å². The predicted molar refractivity (Wildman–Crippen MR) is 58.5 cm³/mol. The van der Waals surface area contributed by atoms with Crippen molar-refractivity contribution in [1.29, 1.82) is 0 Å². The minimum absolute atomic E-state index is 0.495. The third-order valence-electron chi connectivity index (χ3n) is 1.63. The van der Waals surface area contributed by atoms with Gasteiger partial charge in [-0.3, -0.25) is 0 Å². The van der Waals surface area contributed by atoms with Gasteiger partial charge in [0.15, 0.2) is 0 Å². The first-order valence-corrected chi connectivity index (χ1v) is 6.01. The van der Waals surface area contributed by atoms with Crippen LogP contribution < -0.4 is 11.1 Å². The highest BCUT2D eigenvalue weighted by Gasteiger charge is 2.03. The summed E-state index contributed by atoms with van der Waals surface area (Å²) in [5.74, 6) is 1.73. The molecule has 5 nitrogen and oxygen atoms in total. The van der Waals surface area contributed by atoms with E-state index >= 15 is 0 Å². The standard InChI is InChI=1S/C8H16N4OS/c1-14-6-2-5-10-8-12-11-7(13-8)3-4-9/h2-6,9H2,1H3,(H,10,12). The van der Waals surface area contributed by atoms with Crippen LogP contribution in [0, 0.1) is 0 Å². The molecule has 0 atom stereocenters. The number of aromatic nitrogens is 2. The van der Waals surface area contributed by atoms with E-state index in [1.807, 2.05) is 11.8 Å². The third-order valence-corrected chi connectivity index (χ3v) is 2.32. The molecule has 0 radical (unpaired) electrons. The van der Waals surface area contributed by atoms with Crippen LogP contribution in [0.25, 0.3) is 0 Å². The Kier molecular flexibility index (Phi) is 5.39. The Bertz CT molecular complexity index is 253. The molecule has 1 aromatic heterocycles. The van der Waals surface area contributed by atoms with Gasteiger partial charge in [-0.05, 0) is 18.4 Å². The average Bonchev–Trinajstić information content (AvgIpc) is 2.61. The molecule has 6 heteroatoms. The summed E-state index contributed by atoms with van der Waals surface area (Å²) in [7, 11) is 0. The van der Waals surface area contributed by atoms with Crippen LogP contribution in [0.1, 0.15) is 12.3 Å². The highest BCUT2D eigenvalue weighted by Crippen LogP contribution is 2.05. The summed E-state index contributed by atoms with van der Waals surface area (Å²) < 4.78 is 5.28. The van der Waals surface area contributed by atoms with Gasteiger partial charge in [0.25, 0.3) is 0 Å². The highest BCUT2D eigenvalue weighted by molar-refractivity contribution is 7.98. The number of nitrogens with one attached hydrogen (secondary N) is 1. The van der Waals surface area contributed by atoms with Gasteiger partial charge in [-0.25, -0.2) is 0 Å². The molecule has 0 aliphatic carbocycles. The first-order valence-electron chi connectivity index (χ1n) is 4.62. The molecule has 0 spiro atoms. The van der Waals surface area contributed by atoms with E-state index in [1.54, 1.807) is 0 Å². The van der Waals surface area contributed by atoms with Gasteiger partial charge in [0.1, 0.15) is 0 Å². The summed E-state index contributed by atoms with van der Waals surface area (Å²) in [4.78, 5) is 0. The predicted octanol–water partition coefficient (Wildman–Crippen LogP) is 0.736. The quantitative estimate of drug-likeness (QED) is 0.654. The maximum Gasteiger partial charge on any atom is 0.315 e. The Hall–Kier alpha value is -0.750. The van der Waals surface area contributed by atoms with Crippen molar-refractivity contribution in [2.24, 2.45) is 5.73 Å². The summed E-state index contributed by atoms with van der Waals surface area (Å²) >= 11 is 1.83. The van der Waals surface area contributed by atoms with E-state index < -0.39 is 0 Å². The van der Waals surface area contributed by atoms with E-state index in [9.17, 15) is 0 Å². The molecule has 0 bridgehead atoms. The van der Waals surface area contributed by atoms with E-state index in [4.69, 9.17) is 10.2 Å². The largest absolute Gasteiger partial charge is 0.408 e. The number of thioether (sulfide) groups is 1. The Balaban J connectivity index is 2.22. The third kappa shape index (κ3) is 3.97. The van der Waals surface area contributed by atoms with E-state index in [1.165, 1.54) is 0 Å². The second-order valence-electron chi connectivity index (χ2n) is 2.81. The lowest BCUT2D eigenvalue weighted by molar-refractivity contribution is 0.506. The zero-order chi connectivity index (χ0) is 10.2. The van der Waals surface area contributed by atoms with Crippen LogP contribution in [0.2, 0.25) is 0 Å². The lowest BCUT2D eigenvalue weighted by atomic mass is 10.4. The molecule has 0 aromatic carbocycles. The number of anilines is 1. The van der Waals surface area contributed by atoms with Gasteiger partial charge in [-0.1, -0.05) is 5.10 Å². The minimum atomic E-state index is 0.495. The fourth-order valence-electron chi connectivity index (χ4n) is 0.961. The molecule has 1 rings (SSSR count). The van der Waals surface area contributed by atoms with Gasteiger partial charge < -0.3 is 15.5 Å². The fourth-order valence-corrected chi connectivity index (χ4v) is 1.39. The van der Waals surface area contributed by atoms with E-state index in [2.05, 4.69) is 21.8 Å². The normalized spacial score (nSPS) is 10.4. The zero-order valence-corrected chi connectivity index (χ0v) is 9.14. The van der Waals surface area contributed by atoms with Crippen molar-refractivity contribution in [1.82, 2.24) is 10.2 Å². The second kappa shape index (κ2) is 6.67. The molecule has 0 aliphatic rings. The molecule has 14 heavy (non-hydrogen) atoms. The number of nitrogens with two attached hydrogens (primary N) is 1. The van der Waals surface area contributed by atoms with Crippen molar-refractivity contribution in [2.45, 2.75) is 12.8 Å². The summed E-state index contributed by atoms with van der Waals surface area (Å²) in [6, 6.07) is 0.495. The summed E-state index contributed by atoms with van der Waals surface area (Å²) in [5.41, 5.74) is 5.36. The van der Waals surface area contributed by atoms with Gasteiger partial charge in [0.05, 0.1) is 0 Å². The van der Waals surface area contributed by atoms with Crippen molar-refractivity contribution in [3.05, 3.63) is 5.89 Å². The molecule has 0 aliphatic heterocycles. The molecule has 0 saturated heterocycles. The number of rotatable bonds is 7. The second-order valence-corrected chi connectivity index (χ2v) is 3.80. The number of nitrogens with zero attached hydrogens (tertiary/aromatic N) is 2. The molecule has 0 unspecified atom stereocenters. The Labute approximate surface area is 87.8 Å². The topological polar surface area (TPSA) is 77.0 Å². The molecule has 1 heterocycles. The van der Waals surface area contributed by atoms with Crippen molar-refractivity contribution < 1.29 is 4.42 Å². The van der Waals surface area contributed by atoms with Crippen molar-refractivity contribution >= 4 is 17.8 Å². The smallest absolute Gasteiger partial charge is 0.315 e. The zero-order valence-electron chi connectivity index (χ0n) is 8.32. The summed E-state index contributed by atoms with van der Waals surface area (Å²) in [6.45, 7) is 1.40. The lowest BCUT2D eigenvalue weighted by Crippen LogP contribution is -2.03. The number of hydrogen-bond donors (Lipinski definition) is 2. The maximum absolute atomic E-state index is 5.36. The Morgan fingerprint density at radius 3 is 3.07 bits per heavy atom. The fraction of sp³-hybridized carbons (Fsp3) is 0.750. The van der Waals surface area contributed by atoms with Gasteiger partial charge in [0, 0.05) is 19.5 Å². The monoisotopic (exact) mass is 216 g/mol. The van der Waals surface area contributed by atoms with Crippen molar-refractivity contribution in [3.63, 3.8) is 0 Å².